The van der Waals surface area contributed by atoms with E-state index >= 15 is 0 Å². The summed E-state index contributed by atoms with van der Waals surface area (Å²) >= 11 is 0. The highest BCUT2D eigenvalue weighted by Crippen LogP contribution is 2.26. The lowest BCUT2D eigenvalue weighted by Gasteiger charge is -2.11. The van der Waals surface area contributed by atoms with E-state index in [-0.39, 0.29) is 23.7 Å². The molecule has 1 aromatic carbocycles. The number of carbonyl (C=O) groups excluding carboxylic acids is 2. The first kappa shape index (κ1) is 19.4. The second kappa shape index (κ2) is 7.99. The fraction of sp³-hybridized carbons (Fsp3) is 0.444. The number of hydrogen-bond acceptors (Lipinski definition) is 6. The lowest BCUT2D eigenvalue weighted by atomic mass is 9.96. The molecule has 2 amide bonds. The first-order chi connectivity index (χ1) is 12.2. The summed E-state index contributed by atoms with van der Waals surface area (Å²) in [5, 5.41) is 9.23. The van der Waals surface area contributed by atoms with E-state index < -0.39 is 0 Å². The summed E-state index contributed by atoms with van der Waals surface area (Å²) in [7, 11) is 3.04. The highest BCUT2D eigenvalue weighted by molar-refractivity contribution is 5.98. The van der Waals surface area contributed by atoms with Gasteiger partial charge in [0.05, 0.1) is 12.8 Å². The molecule has 1 heterocycles. The van der Waals surface area contributed by atoms with Gasteiger partial charge in [0.25, 0.3) is 5.91 Å². The highest BCUT2D eigenvalue weighted by atomic mass is 16.5. The van der Waals surface area contributed by atoms with Crippen LogP contribution < -0.4 is 15.4 Å². The van der Waals surface area contributed by atoms with Crippen LogP contribution in [-0.2, 0) is 16.6 Å². The van der Waals surface area contributed by atoms with Gasteiger partial charge in [0, 0.05) is 30.9 Å². The van der Waals surface area contributed by atoms with Crippen molar-refractivity contribution in [1.29, 1.82) is 0 Å². The Kier molecular flexibility index (Phi) is 5.97. The quantitative estimate of drug-likeness (QED) is 0.819. The molecule has 0 radical (unpaired) electrons. The van der Waals surface area contributed by atoms with Crippen molar-refractivity contribution in [1.82, 2.24) is 15.5 Å². The summed E-state index contributed by atoms with van der Waals surface area (Å²) in [5.41, 5.74) is 0.646. The van der Waals surface area contributed by atoms with Crippen molar-refractivity contribution >= 4 is 17.5 Å². The monoisotopic (exact) mass is 360 g/mol. The van der Waals surface area contributed by atoms with Gasteiger partial charge in [-0.2, -0.15) is 4.98 Å². The highest BCUT2D eigenvalue weighted by Gasteiger charge is 2.21. The molecule has 0 spiro atoms. The summed E-state index contributed by atoms with van der Waals surface area (Å²) in [6.07, 6.45) is 0.492. The van der Waals surface area contributed by atoms with Crippen molar-refractivity contribution in [2.75, 3.05) is 19.5 Å². The maximum absolute atomic E-state index is 12.3. The van der Waals surface area contributed by atoms with Gasteiger partial charge in [-0.05, 0) is 18.2 Å². The first-order valence-corrected chi connectivity index (χ1v) is 8.27. The maximum Gasteiger partial charge on any atom is 0.251 e. The zero-order chi connectivity index (χ0) is 19.3. The third-order valence-corrected chi connectivity index (χ3v) is 3.67. The minimum absolute atomic E-state index is 0.166. The molecule has 2 aromatic rings. The number of anilines is 1. The molecular formula is C18H24N4O4. The Morgan fingerprint density at radius 1 is 1.27 bits per heavy atom. The standard InChI is InChI=1S/C18H24N4O4/c1-18(2,3)17-21-15(26-22-17)9-8-14(23)20-12-10-11(16(24)19-4)6-7-13(12)25-5/h6-7,10H,8-9H2,1-5H3,(H,19,24)(H,20,23). The van der Waals surface area contributed by atoms with Crippen LogP contribution in [-0.4, -0.2) is 36.1 Å². The smallest absolute Gasteiger partial charge is 0.251 e. The lowest BCUT2D eigenvalue weighted by Crippen LogP contribution is -2.19. The van der Waals surface area contributed by atoms with Crippen LogP contribution in [0, 0.1) is 0 Å². The number of rotatable bonds is 6. The summed E-state index contributed by atoms with van der Waals surface area (Å²) in [5.74, 6) is 0.999. The minimum Gasteiger partial charge on any atom is -0.495 e. The van der Waals surface area contributed by atoms with Gasteiger partial charge in [0.15, 0.2) is 5.82 Å². The van der Waals surface area contributed by atoms with E-state index in [2.05, 4.69) is 20.8 Å². The van der Waals surface area contributed by atoms with Crippen molar-refractivity contribution in [3.05, 3.63) is 35.5 Å². The third kappa shape index (κ3) is 4.81. The van der Waals surface area contributed by atoms with Crippen LogP contribution in [0.15, 0.2) is 22.7 Å². The van der Waals surface area contributed by atoms with Gasteiger partial charge >= 0.3 is 0 Å². The molecule has 0 atom stereocenters. The van der Waals surface area contributed by atoms with Crippen LogP contribution in [0.25, 0.3) is 0 Å². The molecule has 0 saturated carbocycles. The lowest BCUT2D eigenvalue weighted by molar-refractivity contribution is -0.116. The number of nitrogens with one attached hydrogen (secondary N) is 2. The van der Waals surface area contributed by atoms with E-state index in [0.717, 1.165) is 0 Å². The van der Waals surface area contributed by atoms with Crippen LogP contribution in [0.2, 0.25) is 0 Å². The topological polar surface area (TPSA) is 106 Å². The molecule has 8 heteroatoms. The Morgan fingerprint density at radius 2 is 2.00 bits per heavy atom. The van der Waals surface area contributed by atoms with Gasteiger partial charge in [-0.1, -0.05) is 25.9 Å². The predicted octanol–water partition coefficient (Wildman–Crippen LogP) is 2.31. The molecule has 0 bridgehead atoms. The van der Waals surface area contributed by atoms with E-state index in [4.69, 9.17) is 9.26 Å². The number of nitrogens with zero attached hydrogens (tertiary/aromatic N) is 2. The second-order valence-electron chi connectivity index (χ2n) is 6.80. The van der Waals surface area contributed by atoms with Crippen molar-refractivity contribution in [3.8, 4) is 5.75 Å². The molecular weight excluding hydrogens is 336 g/mol. The first-order valence-electron chi connectivity index (χ1n) is 8.27. The molecule has 0 unspecified atom stereocenters. The minimum atomic E-state index is -0.247. The number of ether oxygens (including phenoxy) is 1. The number of hydrogen-bond donors (Lipinski definition) is 2. The summed E-state index contributed by atoms with van der Waals surface area (Å²) in [6.45, 7) is 5.96. The van der Waals surface area contributed by atoms with E-state index in [1.165, 1.54) is 7.11 Å². The number of carbonyl (C=O) groups is 2. The molecule has 0 aliphatic rings. The van der Waals surface area contributed by atoms with Crippen LogP contribution >= 0.6 is 0 Å². The zero-order valence-electron chi connectivity index (χ0n) is 15.7. The van der Waals surface area contributed by atoms with Gasteiger partial charge in [-0.15, -0.1) is 0 Å². The van der Waals surface area contributed by atoms with Crippen LogP contribution in [0.5, 0.6) is 5.75 Å². The second-order valence-corrected chi connectivity index (χ2v) is 6.80. The molecule has 1 aromatic heterocycles. The van der Waals surface area contributed by atoms with Crippen LogP contribution in [0.1, 0.15) is 49.3 Å². The normalized spacial score (nSPS) is 11.1. The van der Waals surface area contributed by atoms with E-state index in [9.17, 15) is 9.59 Å². The largest absolute Gasteiger partial charge is 0.495 e. The van der Waals surface area contributed by atoms with Crippen molar-refractivity contribution in [2.24, 2.45) is 0 Å². The molecule has 0 fully saturated rings. The van der Waals surface area contributed by atoms with Gasteiger partial charge in [-0.25, -0.2) is 0 Å². The van der Waals surface area contributed by atoms with Crippen molar-refractivity contribution in [2.45, 2.75) is 39.0 Å². The van der Waals surface area contributed by atoms with E-state index in [0.29, 0.717) is 35.1 Å². The summed E-state index contributed by atoms with van der Waals surface area (Å²) in [6, 6.07) is 4.83. The molecule has 0 aliphatic heterocycles. The fourth-order valence-corrected chi connectivity index (χ4v) is 2.19. The Labute approximate surface area is 152 Å². The van der Waals surface area contributed by atoms with Gasteiger partial charge in [0.2, 0.25) is 11.8 Å². The Hall–Kier alpha value is -2.90. The van der Waals surface area contributed by atoms with Crippen LogP contribution in [0.3, 0.4) is 0 Å². The van der Waals surface area contributed by atoms with E-state index in [1.807, 2.05) is 20.8 Å². The third-order valence-electron chi connectivity index (χ3n) is 3.67. The number of aryl methyl sites for hydroxylation is 1. The molecule has 0 aliphatic carbocycles. The SMILES string of the molecule is CNC(=O)c1ccc(OC)c(NC(=O)CCc2nc(C(C)(C)C)no2)c1. The molecule has 140 valence electrons. The predicted molar refractivity (Wildman–Crippen MR) is 96.3 cm³/mol. The average molecular weight is 360 g/mol. The van der Waals surface area contributed by atoms with E-state index in [1.54, 1.807) is 25.2 Å². The molecule has 2 rings (SSSR count). The Bertz CT molecular complexity index is 793. The van der Waals surface area contributed by atoms with Crippen molar-refractivity contribution < 1.29 is 18.8 Å². The maximum atomic E-state index is 12.3. The summed E-state index contributed by atoms with van der Waals surface area (Å²) < 4.78 is 10.4. The number of amides is 2. The number of methoxy groups -OCH3 is 1. The number of benzene rings is 1. The summed E-state index contributed by atoms with van der Waals surface area (Å²) in [4.78, 5) is 28.3. The van der Waals surface area contributed by atoms with Crippen LogP contribution in [0.4, 0.5) is 5.69 Å². The van der Waals surface area contributed by atoms with Gasteiger partial charge < -0.3 is 19.9 Å². The zero-order valence-corrected chi connectivity index (χ0v) is 15.7. The molecule has 26 heavy (non-hydrogen) atoms. The van der Waals surface area contributed by atoms with Gasteiger partial charge in [-0.3, -0.25) is 9.59 Å². The molecule has 8 nitrogen and oxygen atoms in total. The Morgan fingerprint density at radius 3 is 2.58 bits per heavy atom. The van der Waals surface area contributed by atoms with Gasteiger partial charge in [0.1, 0.15) is 5.75 Å². The Balaban J connectivity index is 2.03. The van der Waals surface area contributed by atoms with Crippen molar-refractivity contribution in [3.63, 3.8) is 0 Å². The average Bonchev–Trinajstić information content (AvgIpc) is 3.08. The number of aromatic nitrogens is 2. The molecule has 2 N–H and O–H groups in total. The fourth-order valence-electron chi connectivity index (χ4n) is 2.19. The molecule has 0 saturated heterocycles.